The number of benzene rings is 2. The van der Waals surface area contributed by atoms with Crippen LogP contribution in [-0.2, 0) is 0 Å². The zero-order valence-corrected chi connectivity index (χ0v) is 13.3. The zero-order chi connectivity index (χ0) is 15.9. The third-order valence-electron chi connectivity index (χ3n) is 3.75. The summed E-state index contributed by atoms with van der Waals surface area (Å²) in [5, 5.41) is 1.80. The lowest BCUT2D eigenvalue weighted by atomic mass is 10.1. The minimum atomic E-state index is -0.267. The molecule has 3 aromatic rings. The summed E-state index contributed by atoms with van der Waals surface area (Å²) >= 11 is 6.24. The molecule has 0 aliphatic rings. The normalized spacial score (nSPS) is 12.5. The molecular formula is C18H17ClN2O. The van der Waals surface area contributed by atoms with Gasteiger partial charge in [-0.3, -0.25) is 9.36 Å². The fourth-order valence-corrected chi connectivity index (χ4v) is 2.97. The standard InChI is InChI=1S/C18H17ClN2O/c1-11-5-3-7-14(9-11)21-16(12(2)20)10-13-6-4-8-15(19)17(13)18(21)22/h3-10,12H,20H2,1-2H3/t12-/m0/s1. The molecule has 1 aromatic heterocycles. The second kappa shape index (κ2) is 5.59. The van der Waals surface area contributed by atoms with Crippen molar-refractivity contribution < 1.29 is 0 Å². The van der Waals surface area contributed by atoms with Crippen LogP contribution in [0.3, 0.4) is 0 Å². The molecule has 0 aliphatic heterocycles. The molecule has 2 N–H and O–H groups in total. The highest BCUT2D eigenvalue weighted by Crippen LogP contribution is 2.24. The van der Waals surface area contributed by atoms with Crippen LogP contribution < -0.4 is 11.3 Å². The van der Waals surface area contributed by atoms with Crippen LogP contribution in [0.5, 0.6) is 0 Å². The summed E-state index contributed by atoms with van der Waals surface area (Å²) < 4.78 is 1.66. The van der Waals surface area contributed by atoms with E-state index in [0.29, 0.717) is 10.4 Å². The van der Waals surface area contributed by atoms with E-state index in [-0.39, 0.29) is 11.6 Å². The van der Waals surface area contributed by atoms with Gasteiger partial charge in [-0.25, -0.2) is 0 Å². The maximum absolute atomic E-state index is 13.0. The van der Waals surface area contributed by atoms with Crippen molar-refractivity contribution in [3.05, 3.63) is 75.2 Å². The Kier molecular flexibility index (Phi) is 3.77. The number of rotatable bonds is 2. The van der Waals surface area contributed by atoms with Gasteiger partial charge in [0.25, 0.3) is 5.56 Å². The van der Waals surface area contributed by atoms with Crippen LogP contribution >= 0.6 is 11.6 Å². The van der Waals surface area contributed by atoms with Gasteiger partial charge in [-0.15, -0.1) is 0 Å². The van der Waals surface area contributed by atoms with E-state index in [2.05, 4.69) is 0 Å². The molecule has 2 aromatic carbocycles. The summed E-state index contributed by atoms with van der Waals surface area (Å²) in [7, 11) is 0. The Hall–Kier alpha value is -2.10. The molecule has 0 unspecified atom stereocenters. The average Bonchev–Trinajstić information content (AvgIpc) is 2.46. The van der Waals surface area contributed by atoms with Crippen molar-refractivity contribution in [3.63, 3.8) is 0 Å². The summed E-state index contributed by atoms with van der Waals surface area (Å²) in [6.45, 7) is 3.87. The van der Waals surface area contributed by atoms with Gasteiger partial charge in [0.2, 0.25) is 0 Å². The Morgan fingerprint density at radius 1 is 1.14 bits per heavy atom. The van der Waals surface area contributed by atoms with Gasteiger partial charge in [-0.05, 0) is 49.1 Å². The molecule has 3 rings (SSSR count). The zero-order valence-electron chi connectivity index (χ0n) is 12.5. The van der Waals surface area contributed by atoms with Crippen molar-refractivity contribution in [3.8, 4) is 5.69 Å². The molecule has 0 bridgehead atoms. The molecule has 1 atom stereocenters. The Bertz CT molecular complexity index is 913. The highest BCUT2D eigenvalue weighted by molar-refractivity contribution is 6.35. The molecule has 112 valence electrons. The fraction of sp³-hybridized carbons (Fsp3) is 0.167. The SMILES string of the molecule is Cc1cccc(-n2c([C@H](C)N)cc3cccc(Cl)c3c2=O)c1. The summed E-state index contributed by atoms with van der Waals surface area (Å²) in [5.41, 5.74) is 8.61. The van der Waals surface area contributed by atoms with E-state index in [1.807, 2.05) is 56.3 Å². The predicted molar refractivity (Wildman–Crippen MR) is 91.9 cm³/mol. The minimum Gasteiger partial charge on any atom is -0.323 e. The van der Waals surface area contributed by atoms with Crippen LogP contribution in [0.1, 0.15) is 24.2 Å². The van der Waals surface area contributed by atoms with E-state index in [1.165, 1.54) is 0 Å². The van der Waals surface area contributed by atoms with Crippen molar-refractivity contribution in [2.45, 2.75) is 19.9 Å². The third kappa shape index (κ3) is 2.43. The smallest absolute Gasteiger partial charge is 0.264 e. The van der Waals surface area contributed by atoms with E-state index in [0.717, 1.165) is 22.3 Å². The summed E-state index contributed by atoms with van der Waals surface area (Å²) in [5.74, 6) is 0. The van der Waals surface area contributed by atoms with Crippen molar-refractivity contribution in [1.29, 1.82) is 0 Å². The maximum Gasteiger partial charge on any atom is 0.264 e. The number of nitrogens with two attached hydrogens (primary N) is 1. The molecule has 0 spiro atoms. The molecule has 0 saturated carbocycles. The summed E-state index contributed by atoms with van der Waals surface area (Å²) in [6, 6.07) is 14.9. The quantitative estimate of drug-likeness (QED) is 0.778. The molecule has 0 radical (unpaired) electrons. The first kappa shape index (κ1) is 14.8. The van der Waals surface area contributed by atoms with Crippen LogP contribution in [-0.4, -0.2) is 4.57 Å². The first-order chi connectivity index (χ1) is 10.5. The molecule has 22 heavy (non-hydrogen) atoms. The molecule has 4 heteroatoms. The monoisotopic (exact) mass is 312 g/mol. The molecule has 0 aliphatic carbocycles. The van der Waals surface area contributed by atoms with Crippen LogP contribution in [0.2, 0.25) is 5.02 Å². The van der Waals surface area contributed by atoms with Gasteiger partial charge < -0.3 is 5.73 Å². The number of hydrogen-bond donors (Lipinski definition) is 1. The Morgan fingerprint density at radius 2 is 1.86 bits per heavy atom. The average molecular weight is 313 g/mol. The molecular weight excluding hydrogens is 296 g/mol. The van der Waals surface area contributed by atoms with E-state index in [4.69, 9.17) is 17.3 Å². The van der Waals surface area contributed by atoms with Crippen molar-refractivity contribution in [1.82, 2.24) is 4.57 Å². The number of pyridine rings is 1. The predicted octanol–water partition coefficient (Wildman–Crippen LogP) is 3.97. The molecule has 0 fully saturated rings. The highest BCUT2D eigenvalue weighted by atomic mass is 35.5. The summed E-state index contributed by atoms with van der Waals surface area (Å²) in [6.07, 6.45) is 0. The van der Waals surface area contributed by atoms with Crippen molar-refractivity contribution in [2.24, 2.45) is 5.73 Å². The van der Waals surface area contributed by atoms with Crippen LogP contribution in [0, 0.1) is 6.92 Å². The van der Waals surface area contributed by atoms with E-state index >= 15 is 0 Å². The molecule has 0 amide bonds. The van der Waals surface area contributed by atoms with Gasteiger partial charge >= 0.3 is 0 Å². The number of nitrogens with zero attached hydrogens (tertiary/aromatic N) is 1. The van der Waals surface area contributed by atoms with Gasteiger partial charge in [0.05, 0.1) is 10.4 Å². The minimum absolute atomic E-state index is 0.138. The fourth-order valence-electron chi connectivity index (χ4n) is 2.71. The Labute approximate surface area is 133 Å². The molecule has 0 saturated heterocycles. The van der Waals surface area contributed by atoms with Gasteiger partial charge in [-0.2, -0.15) is 0 Å². The van der Waals surface area contributed by atoms with Crippen molar-refractivity contribution in [2.75, 3.05) is 0 Å². The lowest BCUT2D eigenvalue weighted by molar-refractivity contribution is 0.734. The van der Waals surface area contributed by atoms with E-state index in [9.17, 15) is 4.79 Å². The third-order valence-corrected chi connectivity index (χ3v) is 4.07. The number of halogens is 1. The lowest BCUT2D eigenvalue weighted by Crippen LogP contribution is -2.25. The Morgan fingerprint density at radius 3 is 2.55 bits per heavy atom. The van der Waals surface area contributed by atoms with Gasteiger partial charge in [0.15, 0.2) is 0 Å². The Balaban J connectivity index is 2.46. The van der Waals surface area contributed by atoms with Gasteiger partial charge in [0, 0.05) is 17.4 Å². The number of hydrogen-bond acceptors (Lipinski definition) is 2. The second-order valence-corrected chi connectivity index (χ2v) is 5.95. The first-order valence-corrected chi connectivity index (χ1v) is 7.53. The van der Waals surface area contributed by atoms with Gasteiger partial charge in [0.1, 0.15) is 0 Å². The van der Waals surface area contributed by atoms with Crippen LogP contribution in [0.15, 0.2) is 53.3 Å². The van der Waals surface area contributed by atoms with E-state index < -0.39 is 0 Å². The first-order valence-electron chi connectivity index (χ1n) is 7.16. The number of aromatic nitrogens is 1. The number of fused-ring (bicyclic) bond motifs is 1. The molecule has 1 heterocycles. The largest absolute Gasteiger partial charge is 0.323 e. The molecule has 3 nitrogen and oxygen atoms in total. The van der Waals surface area contributed by atoms with Gasteiger partial charge in [-0.1, -0.05) is 35.9 Å². The maximum atomic E-state index is 13.0. The van der Waals surface area contributed by atoms with E-state index in [1.54, 1.807) is 10.6 Å². The summed E-state index contributed by atoms with van der Waals surface area (Å²) in [4.78, 5) is 13.0. The van der Waals surface area contributed by atoms with Crippen LogP contribution in [0.4, 0.5) is 0 Å². The lowest BCUT2D eigenvalue weighted by Gasteiger charge is -2.18. The topological polar surface area (TPSA) is 48.0 Å². The number of aryl methyl sites for hydroxylation is 1. The second-order valence-electron chi connectivity index (χ2n) is 5.54. The van der Waals surface area contributed by atoms with Crippen LogP contribution in [0.25, 0.3) is 16.5 Å². The van der Waals surface area contributed by atoms with Crippen molar-refractivity contribution >= 4 is 22.4 Å². The highest BCUT2D eigenvalue weighted by Gasteiger charge is 2.15.